The lowest BCUT2D eigenvalue weighted by atomic mass is 9.79. The van der Waals surface area contributed by atoms with Gasteiger partial charge in [0.15, 0.2) is 0 Å². The van der Waals surface area contributed by atoms with Crippen molar-refractivity contribution in [2.45, 2.75) is 64.4 Å². The van der Waals surface area contributed by atoms with Gasteiger partial charge in [-0.05, 0) is 73.8 Å². The van der Waals surface area contributed by atoms with Gasteiger partial charge in [-0.1, -0.05) is 44.2 Å². The highest BCUT2D eigenvalue weighted by Gasteiger charge is 2.29. The highest BCUT2D eigenvalue weighted by molar-refractivity contribution is 5.44. The molecule has 0 spiro atoms. The molecule has 24 heavy (non-hydrogen) atoms. The largest absolute Gasteiger partial charge is 0.508 e. The molecule has 1 aliphatic heterocycles. The van der Waals surface area contributed by atoms with E-state index in [2.05, 4.69) is 45.9 Å². The molecular formula is C22H28O2. The van der Waals surface area contributed by atoms with E-state index in [0.717, 1.165) is 31.4 Å². The smallest absolute Gasteiger partial charge is 0.126 e. The Morgan fingerprint density at radius 1 is 1.08 bits per heavy atom. The van der Waals surface area contributed by atoms with Crippen LogP contribution >= 0.6 is 0 Å². The molecule has 0 unspecified atom stereocenters. The number of hydrogen-bond acceptors (Lipinski definition) is 2. The van der Waals surface area contributed by atoms with Crippen LogP contribution in [0.25, 0.3) is 0 Å². The molecule has 2 aromatic rings. The van der Waals surface area contributed by atoms with Crippen LogP contribution in [-0.2, 0) is 18.3 Å². The van der Waals surface area contributed by atoms with Crippen LogP contribution in [0, 0.1) is 0 Å². The number of ether oxygens (including phenoxy) is 1. The van der Waals surface area contributed by atoms with E-state index < -0.39 is 0 Å². The van der Waals surface area contributed by atoms with Crippen LogP contribution < -0.4 is 4.74 Å². The second-order valence-corrected chi connectivity index (χ2v) is 8.20. The van der Waals surface area contributed by atoms with Gasteiger partial charge in [-0.3, -0.25) is 0 Å². The summed E-state index contributed by atoms with van der Waals surface area (Å²) >= 11 is 0. The number of phenols is 1. The maximum atomic E-state index is 9.50. The van der Waals surface area contributed by atoms with Gasteiger partial charge in [0.05, 0.1) is 0 Å². The summed E-state index contributed by atoms with van der Waals surface area (Å²) in [5.41, 5.74) is 3.89. The van der Waals surface area contributed by atoms with Gasteiger partial charge in [0.25, 0.3) is 0 Å². The SMILES string of the molecule is CC1(C)CCc2cccc(CCC(C)(C)c3ccc(O)cc3)c2O1. The lowest BCUT2D eigenvalue weighted by Gasteiger charge is -2.34. The molecule has 1 heterocycles. The van der Waals surface area contributed by atoms with Gasteiger partial charge >= 0.3 is 0 Å². The maximum Gasteiger partial charge on any atom is 0.126 e. The molecule has 2 nitrogen and oxygen atoms in total. The highest BCUT2D eigenvalue weighted by Crippen LogP contribution is 2.38. The van der Waals surface area contributed by atoms with Crippen LogP contribution in [0.2, 0.25) is 0 Å². The van der Waals surface area contributed by atoms with Gasteiger partial charge in [-0.25, -0.2) is 0 Å². The van der Waals surface area contributed by atoms with Crippen molar-refractivity contribution in [2.75, 3.05) is 0 Å². The molecule has 0 aliphatic carbocycles. The lowest BCUT2D eigenvalue weighted by molar-refractivity contribution is 0.0832. The van der Waals surface area contributed by atoms with E-state index in [1.807, 2.05) is 12.1 Å². The number of para-hydroxylation sites is 1. The number of aromatic hydroxyl groups is 1. The first-order valence-corrected chi connectivity index (χ1v) is 8.86. The molecule has 0 radical (unpaired) electrons. The second-order valence-electron chi connectivity index (χ2n) is 8.20. The fraction of sp³-hybridized carbons (Fsp3) is 0.455. The third-order valence-corrected chi connectivity index (χ3v) is 5.22. The molecule has 0 saturated carbocycles. The topological polar surface area (TPSA) is 29.5 Å². The number of hydrogen-bond donors (Lipinski definition) is 1. The fourth-order valence-electron chi connectivity index (χ4n) is 3.43. The summed E-state index contributed by atoms with van der Waals surface area (Å²) in [6, 6.07) is 14.1. The first-order valence-electron chi connectivity index (χ1n) is 8.86. The maximum absolute atomic E-state index is 9.50. The van der Waals surface area contributed by atoms with Gasteiger partial charge in [0.1, 0.15) is 17.1 Å². The van der Waals surface area contributed by atoms with Crippen molar-refractivity contribution in [1.29, 1.82) is 0 Å². The summed E-state index contributed by atoms with van der Waals surface area (Å²) in [6.07, 6.45) is 4.20. The summed E-state index contributed by atoms with van der Waals surface area (Å²) in [5.74, 6) is 1.43. The Labute approximate surface area is 145 Å². The summed E-state index contributed by atoms with van der Waals surface area (Å²) in [4.78, 5) is 0. The molecule has 0 fully saturated rings. The van der Waals surface area contributed by atoms with Gasteiger partial charge in [-0.2, -0.15) is 0 Å². The molecule has 1 N–H and O–H groups in total. The number of fused-ring (bicyclic) bond motifs is 1. The van der Waals surface area contributed by atoms with Crippen molar-refractivity contribution in [2.24, 2.45) is 0 Å². The average Bonchev–Trinajstić information content (AvgIpc) is 2.52. The summed E-state index contributed by atoms with van der Waals surface area (Å²) < 4.78 is 6.30. The Hall–Kier alpha value is -1.96. The normalized spacial score (nSPS) is 16.3. The predicted molar refractivity (Wildman–Crippen MR) is 98.9 cm³/mol. The Bertz CT molecular complexity index is 711. The molecule has 0 bridgehead atoms. The zero-order valence-electron chi connectivity index (χ0n) is 15.2. The Morgan fingerprint density at radius 2 is 1.79 bits per heavy atom. The zero-order valence-corrected chi connectivity index (χ0v) is 15.2. The molecule has 2 heteroatoms. The quantitative estimate of drug-likeness (QED) is 0.815. The third kappa shape index (κ3) is 3.58. The van der Waals surface area contributed by atoms with Crippen molar-refractivity contribution >= 4 is 0 Å². The van der Waals surface area contributed by atoms with Gasteiger partial charge in [0.2, 0.25) is 0 Å². The summed E-state index contributed by atoms with van der Waals surface area (Å²) in [5, 5.41) is 9.50. The summed E-state index contributed by atoms with van der Waals surface area (Å²) in [6.45, 7) is 8.87. The van der Waals surface area contributed by atoms with Gasteiger partial charge in [0, 0.05) is 0 Å². The van der Waals surface area contributed by atoms with E-state index in [-0.39, 0.29) is 11.0 Å². The Morgan fingerprint density at radius 3 is 2.50 bits per heavy atom. The van der Waals surface area contributed by atoms with Crippen molar-refractivity contribution < 1.29 is 9.84 Å². The fourth-order valence-corrected chi connectivity index (χ4v) is 3.43. The number of benzene rings is 2. The van der Waals surface area contributed by atoms with Crippen LogP contribution in [0.4, 0.5) is 0 Å². The Balaban J connectivity index is 1.79. The van der Waals surface area contributed by atoms with E-state index >= 15 is 0 Å². The van der Waals surface area contributed by atoms with Crippen LogP contribution in [0.3, 0.4) is 0 Å². The molecule has 0 saturated heterocycles. The van der Waals surface area contributed by atoms with Gasteiger partial charge < -0.3 is 9.84 Å². The van der Waals surface area contributed by atoms with E-state index in [1.54, 1.807) is 12.1 Å². The first-order chi connectivity index (χ1) is 11.3. The minimum Gasteiger partial charge on any atom is -0.508 e. The predicted octanol–water partition coefficient (Wildman–Crippen LogP) is 5.41. The van der Waals surface area contributed by atoms with E-state index in [0.29, 0.717) is 5.75 Å². The molecule has 1 aliphatic rings. The highest BCUT2D eigenvalue weighted by atomic mass is 16.5. The standard InChI is InChI=1S/C22H28O2/c1-21(2,18-8-10-19(23)11-9-18)14-12-16-6-5-7-17-13-15-22(3,4)24-20(16)17/h5-11,23H,12-15H2,1-4H3. The van der Waals surface area contributed by atoms with E-state index in [4.69, 9.17) is 4.74 Å². The molecule has 0 aromatic heterocycles. The molecule has 0 amide bonds. The van der Waals surface area contributed by atoms with Gasteiger partial charge in [-0.15, -0.1) is 0 Å². The molecule has 3 rings (SSSR count). The first kappa shape index (κ1) is 16.9. The van der Waals surface area contributed by atoms with Crippen LogP contribution in [-0.4, -0.2) is 10.7 Å². The van der Waals surface area contributed by atoms with Crippen molar-refractivity contribution in [3.05, 3.63) is 59.2 Å². The number of rotatable bonds is 4. The number of aryl methyl sites for hydroxylation is 2. The minimum atomic E-state index is -0.0738. The third-order valence-electron chi connectivity index (χ3n) is 5.22. The summed E-state index contributed by atoms with van der Waals surface area (Å²) in [7, 11) is 0. The van der Waals surface area contributed by atoms with Crippen molar-refractivity contribution in [3.63, 3.8) is 0 Å². The van der Waals surface area contributed by atoms with Crippen molar-refractivity contribution in [3.8, 4) is 11.5 Å². The number of phenolic OH excluding ortho intramolecular Hbond substituents is 1. The second kappa shape index (κ2) is 6.16. The van der Waals surface area contributed by atoms with E-state index in [9.17, 15) is 5.11 Å². The van der Waals surface area contributed by atoms with Crippen molar-refractivity contribution in [1.82, 2.24) is 0 Å². The van der Waals surface area contributed by atoms with Crippen LogP contribution in [0.5, 0.6) is 11.5 Å². The van der Waals surface area contributed by atoms with Crippen LogP contribution in [0.15, 0.2) is 42.5 Å². The average molecular weight is 324 g/mol. The monoisotopic (exact) mass is 324 g/mol. The molecule has 2 aromatic carbocycles. The zero-order chi connectivity index (χ0) is 17.4. The Kier molecular flexibility index (Phi) is 4.33. The lowest BCUT2D eigenvalue weighted by Crippen LogP contribution is -2.33. The van der Waals surface area contributed by atoms with Crippen LogP contribution in [0.1, 0.15) is 57.2 Å². The molecular weight excluding hydrogens is 296 g/mol. The minimum absolute atomic E-state index is 0.0562. The molecule has 128 valence electrons. The molecule has 0 atom stereocenters. The van der Waals surface area contributed by atoms with E-state index in [1.165, 1.54) is 16.7 Å².